The van der Waals surface area contributed by atoms with Crippen molar-refractivity contribution in [2.75, 3.05) is 0 Å². The van der Waals surface area contributed by atoms with Crippen LogP contribution < -0.4 is 0 Å². The summed E-state index contributed by atoms with van der Waals surface area (Å²) in [5.41, 5.74) is 0.527. The summed E-state index contributed by atoms with van der Waals surface area (Å²) < 4.78 is 0. The second-order valence-electron chi connectivity index (χ2n) is 2.34. The first-order valence-electron chi connectivity index (χ1n) is 3.31. The van der Waals surface area contributed by atoms with Crippen LogP contribution in [0.3, 0.4) is 0 Å². The van der Waals surface area contributed by atoms with Crippen LogP contribution in [0.15, 0.2) is 18.2 Å². The predicted molar refractivity (Wildman–Crippen MR) is 42.5 cm³/mol. The number of rotatable bonds is 1. The van der Waals surface area contributed by atoms with Crippen LogP contribution in [-0.2, 0) is 0 Å². The lowest BCUT2D eigenvalue weighted by atomic mass is 10.1. The van der Waals surface area contributed by atoms with E-state index in [1.807, 2.05) is 0 Å². The van der Waals surface area contributed by atoms with Gasteiger partial charge in [-0.3, -0.25) is 10.1 Å². The molecule has 1 aromatic rings. The van der Waals surface area contributed by atoms with E-state index in [1.165, 1.54) is 6.07 Å². The number of hydrogen-bond acceptors (Lipinski definition) is 3. The fourth-order valence-electron chi connectivity index (χ4n) is 0.992. The molecule has 0 atom stereocenters. The number of para-hydroxylation sites is 1. The summed E-state index contributed by atoms with van der Waals surface area (Å²) in [6.07, 6.45) is 0. The van der Waals surface area contributed by atoms with Crippen molar-refractivity contribution in [2.45, 2.75) is 6.92 Å². The zero-order valence-corrected chi connectivity index (χ0v) is 6.44. The number of nitro benzene ring substituents is 1. The summed E-state index contributed by atoms with van der Waals surface area (Å²) in [7, 11) is 0. The molecule has 12 heavy (non-hydrogen) atoms. The van der Waals surface area contributed by atoms with Crippen molar-refractivity contribution in [1.29, 1.82) is 5.26 Å². The molecule has 0 unspecified atom stereocenters. The zero-order valence-electron chi connectivity index (χ0n) is 6.44. The van der Waals surface area contributed by atoms with Crippen molar-refractivity contribution in [3.05, 3.63) is 39.4 Å². The van der Waals surface area contributed by atoms with E-state index in [2.05, 4.69) is 0 Å². The normalized spacial score (nSPS) is 9.00. The number of nitrogens with zero attached hydrogens (tertiary/aromatic N) is 2. The molecule has 0 heterocycles. The Labute approximate surface area is 69.2 Å². The van der Waals surface area contributed by atoms with Gasteiger partial charge in [-0.15, -0.1) is 0 Å². The van der Waals surface area contributed by atoms with Gasteiger partial charge in [-0.05, 0) is 13.0 Å². The van der Waals surface area contributed by atoms with Gasteiger partial charge < -0.3 is 0 Å². The first-order chi connectivity index (χ1) is 5.66. The second kappa shape index (κ2) is 3.01. The number of benzene rings is 1. The van der Waals surface area contributed by atoms with Crippen LogP contribution in [-0.4, -0.2) is 4.92 Å². The molecule has 0 radical (unpaired) electrons. The molecule has 1 rings (SSSR count). The van der Waals surface area contributed by atoms with Crippen molar-refractivity contribution in [1.82, 2.24) is 0 Å². The minimum Gasteiger partial charge on any atom is -0.258 e. The molecule has 0 saturated heterocycles. The molecular weight excluding hydrogens is 156 g/mol. The Morgan fingerprint density at radius 1 is 1.58 bits per heavy atom. The van der Waals surface area contributed by atoms with Crippen LogP contribution in [0.1, 0.15) is 11.1 Å². The summed E-state index contributed by atoms with van der Waals surface area (Å²) in [4.78, 5) is 9.92. The van der Waals surface area contributed by atoms with Crippen LogP contribution in [0.4, 0.5) is 5.69 Å². The topological polar surface area (TPSA) is 66.9 Å². The Bertz CT molecular complexity index is 366. The summed E-state index contributed by atoms with van der Waals surface area (Å²) in [6, 6.07) is 6.45. The quantitative estimate of drug-likeness (QED) is 0.466. The highest BCUT2D eigenvalue weighted by molar-refractivity contribution is 5.53. The summed E-state index contributed by atoms with van der Waals surface area (Å²) in [5, 5.41) is 19.0. The molecule has 0 bridgehead atoms. The van der Waals surface area contributed by atoms with Gasteiger partial charge in [-0.25, -0.2) is 0 Å². The molecule has 4 nitrogen and oxygen atoms in total. The fraction of sp³-hybridized carbons (Fsp3) is 0.125. The summed E-state index contributed by atoms with van der Waals surface area (Å²) in [5.74, 6) is 0. The van der Waals surface area contributed by atoms with Gasteiger partial charge in [0.05, 0.1) is 4.92 Å². The van der Waals surface area contributed by atoms with Gasteiger partial charge in [0.1, 0.15) is 11.6 Å². The molecule has 0 aromatic heterocycles. The van der Waals surface area contributed by atoms with Crippen LogP contribution in [0.5, 0.6) is 0 Å². The van der Waals surface area contributed by atoms with Crippen molar-refractivity contribution in [2.24, 2.45) is 0 Å². The van der Waals surface area contributed by atoms with E-state index < -0.39 is 4.92 Å². The standard InChI is InChI=1S/C8H6N2O2/c1-6-3-2-4-7(5-9)8(6)10(11)12/h2-4H,1H3. The molecule has 0 fully saturated rings. The first-order valence-corrected chi connectivity index (χ1v) is 3.31. The molecule has 0 aliphatic carbocycles. The number of nitro groups is 1. The minimum atomic E-state index is -0.534. The van der Waals surface area contributed by atoms with Gasteiger partial charge in [0, 0.05) is 5.56 Å². The van der Waals surface area contributed by atoms with Gasteiger partial charge in [0.25, 0.3) is 5.69 Å². The molecule has 0 aliphatic rings. The molecule has 4 heteroatoms. The van der Waals surface area contributed by atoms with Crippen LogP contribution >= 0.6 is 0 Å². The molecule has 0 saturated carbocycles. The van der Waals surface area contributed by atoms with Crippen molar-refractivity contribution < 1.29 is 4.92 Å². The zero-order chi connectivity index (χ0) is 9.14. The number of hydrogen-bond donors (Lipinski definition) is 0. The van der Waals surface area contributed by atoms with E-state index in [-0.39, 0.29) is 11.3 Å². The van der Waals surface area contributed by atoms with Crippen LogP contribution in [0.25, 0.3) is 0 Å². The van der Waals surface area contributed by atoms with Crippen molar-refractivity contribution in [3.63, 3.8) is 0 Å². The third-order valence-corrected chi connectivity index (χ3v) is 1.54. The van der Waals surface area contributed by atoms with Crippen LogP contribution in [0, 0.1) is 28.4 Å². The average molecular weight is 162 g/mol. The monoisotopic (exact) mass is 162 g/mol. The van der Waals surface area contributed by atoms with E-state index in [4.69, 9.17) is 5.26 Å². The molecule has 0 aliphatic heterocycles. The minimum absolute atomic E-state index is 0.0972. The average Bonchev–Trinajstić information content (AvgIpc) is 2.03. The fourth-order valence-corrected chi connectivity index (χ4v) is 0.992. The van der Waals surface area contributed by atoms with E-state index in [0.717, 1.165) is 0 Å². The maximum absolute atomic E-state index is 10.5. The van der Waals surface area contributed by atoms with Gasteiger partial charge in [-0.2, -0.15) is 5.26 Å². The smallest absolute Gasteiger partial charge is 0.258 e. The molecule has 60 valence electrons. The van der Waals surface area contributed by atoms with Gasteiger partial charge in [0.2, 0.25) is 0 Å². The maximum atomic E-state index is 10.5. The van der Waals surface area contributed by atoms with E-state index in [0.29, 0.717) is 5.56 Å². The van der Waals surface area contributed by atoms with E-state index >= 15 is 0 Å². The lowest BCUT2D eigenvalue weighted by Gasteiger charge is -1.96. The summed E-state index contributed by atoms with van der Waals surface area (Å²) >= 11 is 0. The van der Waals surface area contributed by atoms with E-state index in [1.54, 1.807) is 25.1 Å². The van der Waals surface area contributed by atoms with Crippen LogP contribution in [0.2, 0.25) is 0 Å². The van der Waals surface area contributed by atoms with Gasteiger partial charge in [0.15, 0.2) is 0 Å². The lowest BCUT2D eigenvalue weighted by molar-refractivity contribution is -0.385. The lowest BCUT2D eigenvalue weighted by Crippen LogP contribution is -1.94. The molecule has 0 amide bonds. The Morgan fingerprint density at radius 2 is 2.25 bits per heavy atom. The maximum Gasteiger partial charge on any atom is 0.289 e. The van der Waals surface area contributed by atoms with Gasteiger partial charge >= 0.3 is 0 Å². The largest absolute Gasteiger partial charge is 0.289 e. The third-order valence-electron chi connectivity index (χ3n) is 1.54. The highest BCUT2D eigenvalue weighted by atomic mass is 16.6. The number of aryl methyl sites for hydroxylation is 1. The molecular formula is C8H6N2O2. The molecule has 0 spiro atoms. The molecule has 0 N–H and O–H groups in total. The van der Waals surface area contributed by atoms with E-state index in [9.17, 15) is 10.1 Å². The highest BCUT2D eigenvalue weighted by Crippen LogP contribution is 2.21. The summed E-state index contributed by atoms with van der Waals surface area (Å²) in [6.45, 7) is 1.61. The Hall–Kier alpha value is -1.89. The van der Waals surface area contributed by atoms with Crippen molar-refractivity contribution in [3.8, 4) is 6.07 Å². The Balaban J connectivity index is 3.42. The number of nitriles is 1. The van der Waals surface area contributed by atoms with Gasteiger partial charge in [-0.1, -0.05) is 12.1 Å². The Morgan fingerprint density at radius 3 is 2.67 bits per heavy atom. The SMILES string of the molecule is Cc1cccc(C#N)c1[N+](=O)[O-]. The Kier molecular flexibility index (Phi) is 2.06. The predicted octanol–water partition coefficient (Wildman–Crippen LogP) is 1.77. The first kappa shape index (κ1) is 8.21. The third kappa shape index (κ3) is 1.25. The second-order valence-corrected chi connectivity index (χ2v) is 2.34. The molecule has 1 aromatic carbocycles. The van der Waals surface area contributed by atoms with Crippen molar-refractivity contribution >= 4 is 5.69 Å². The highest BCUT2D eigenvalue weighted by Gasteiger charge is 2.15.